The van der Waals surface area contributed by atoms with Gasteiger partial charge in [-0.1, -0.05) is 0 Å². The second kappa shape index (κ2) is 25.0. The molecule has 0 aromatic carbocycles. The van der Waals surface area contributed by atoms with E-state index in [9.17, 15) is 0 Å². The first-order valence-electron chi connectivity index (χ1n) is 1.15. The van der Waals surface area contributed by atoms with Crippen LogP contribution in [0.3, 0.4) is 0 Å². The molecule has 34 valence electrons. The summed E-state index contributed by atoms with van der Waals surface area (Å²) in [5.41, 5.74) is 0. The van der Waals surface area contributed by atoms with Crippen LogP contribution in [0.2, 0.25) is 0 Å². The summed E-state index contributed by atoms with van der Waals surface area (Å²) in [6.45, 7) is 4.00. The number of hydrogen-bond donors (Lipinski definition) is 0. The van der Waals surface area contributed by atoms with E-state index in [2.05, 4.69) is 0 Å². The minimum atomic E-state index is 0. The van der Waals surface area contributed by atoms with Crippen LogP contribution in [0.5, 0.6) is 0 Å². The van der Waals surface area contributed by atoms with Crippen molar-refractivity contribution in [2.24, 2.45) is 0 Å². The zero-order valence-corrected chi connectivity index (χ0v) is 4.67. The van der Waals surface area contributed by atoms with Gasteiger partial charge in [-0.25, -0.2) is 0 Å². The second-order valence-corrected chi connectivity index (χ2v) is 0.577. The average molecular weight is 115 g/mol. The summed E-state index contributed by atoms with van der Waals surface area (Å²) in [5, 5.41) is 0. The third-order valence-corrected chi connectivity index (χ3v) is 0. The molecule has 0 saturated heterocycles. The molecule has 2 heteroatoms. The van der Waals surface area contributed by atoms with Gasteiger partial charge in [0.05, 0.1) is 0 Å². The van der Waals surface area contributed by atoms with Gasteiger partial charge in [0.15, 0.2) is 0 Å². The van der Waals surface area contributed by atoms with Crippen LogP contribution in [-0.2, 0) is 17.4 Å². The van der Waals surface area contributed by atoms with Crippen molar-refractivity contribution in [2.45, 2.75) is 13.8 Å². The predicted molar refractivity (Wildman–Crippen MR) is 18.2 cm³/mol. The van der Waals surface area contributed by atoms with Gasteiger partial charge in [0, 0.05) is 17.4 Å². The van der Waals surface area contributed by atoms with Crippen molar-refractivity contribution in [3.05, 3.63) is 6.42 Å². The van der Waals surface area contributed by atoms with Gasteiger partial charge < -0.3 is 6.42 Å². The fourth-order valence-corrected chi connectivity index (χ4v) is 0. The Bertz CT molecular complexity index is 6.85. The summed E-state index contributed by atoms with van der Waals surface area (Å²) in [6, 6.07) is 0. The normalized spacial score (nSPS) is 3.60. The molecule has 0 fully saturated rings. The molecule has 0 unspecified atom stereocenters. The van der Waals surface area contributed by atoms with Crippen LogP contribution >= 0.6 is 0 Å². The topological polar surface area (TPSA) is 0 Å². The molecule has 0 spiro atoms. The number of hydrogen-bond acceptors (Lipinski definition) is 0. The average Bonchev–Trinajstić information content (AvgIpc) is 0.918. The number of rotatable bonds is 0. The maximum absolute atomic E-state index is 2.00. The van der Waals surface area contributed by atoms with Crippen LogP contribution in [0.4, 0.5) is 4.70 Å². The molecule has 5 heavy (non-hydrogen) atoms. The molecule has 0 heterocycles. The van der Waals surface area contributed by atoms with Crippen LogP contribution in [0.15, 0.2) is 0 Å². The van der Waals surface area contributed by atoms with E-state index in [4.69, 9.17) is 0 Å². The largest absolute Gasteiger partial charge is 0.335 e. The zero-order valence-electron chi connectivity index (χ0n) is 3.39. The monoisotopic (exact) mass is 115 g/mol. The van der Waals surface area contributed by atoms with Crippen molar-refractivity contribution in [2.75, 3.05) is 0 Å². The van der Waals surface area contributed by atoms with Crippen LogP contribution < -0.4 is 0 Å². The molecular weight excluding hydrogens is 107 g/mol. The Hall–Kier alpha value is 0.462. The standard InChI is InChI=1S/C3H7.Cr.FH/c1-3-2;;/h3H,1-2H3;;1H/q-1;;. The molecule has 0 aromatic rings. The Morgan fingerprint density at radius 1 is 1.20 bits per heavy atom. The molecule has 0 bridgehead atoms. The van der Waals surface area contributed by atoms with Gasteiger partial charge in [-0.2, -0.15) is 13.8 Å². The Morgan fingerprint density at radius 2 is 1.20 bits per heavy atom. The zero-order chi connectivity index (χ0) is 2.71. The molecule has 0 atom stereocenters. The van der Waals surface area contributed by atoms with E-state index < -0.39 is 0 Å². The summed E-state index contributed by atoms with van der Waals surface area (Å²) in [6.07, 6.45) is 2.00. The Morgan fingerprint density at radius 3 is 1.20 bits per heavy atom. The van der Waals surface area contributed by atoms with E-state index in [1.54, 1.807) is 0 Å². The third kappa shape index (κ3) is 127. The van der Waals surface area contributed by atoms with Crippen LogP contribution in [0, 0.1) is 6.42 Å². The maximum atomic E-state index is 2.00. The van der Waals surface area contributed by atoms with E-state index in [0.29, 0.717) is 0 Å². The first-order chi connectivity index (χ1) is 1.41. The summed E-state index contributed by atoms with van der Waals surface area (Å²) >= 11 is 0. The van der Waals surface area contributed by atoms with Crippen molar-refractivity contribution >= 4 is 0 Å². The van der Waals surface area contributed by atoms with Gasteiger partial charge in [0.25, 0.3) is 0 Å². The second-order valence-electron chi connectivity index (χ2n) is 0.577. The maximum Gasteiger partial charge on any atom is 0 e. The summed E-state index contributed by atoms with van der Waals surface area (Å²) < 4.78 is 0. The Kier molecular flexibility index (Phi) is 89.7. The van der Waals surface area contributed by atoms with Gasteiger partial charge in [-0.15, -0.1) is 0 Å². The predicted octanol–water partition coefficient (Wildman–Crippen LogP) is 1.38. The first kappa shape index (κ1) is 17.9. The molecule has 0 radical (unpaired) electrons. The van der Waals surface area contributed by atoms with Crippen molar-refractivity contribution in [1.82, 2.24) is 0 Å². The van der Waals surface area contributed by atoms with E-state index in [1.807, 2.05) is 20.3 Å². The fraction of sp³-hybridized carbons (Fsp3) is 0.667. The molecule has 0 nitrogen and oxygen atoms in total. The molecule has 0 saturated carbocycles. The van der Waals surface area contributed by atoms with Crippen LogP contribution in [-0.4, -0.2) is 0 Å². The van der Waals surface area contributed by atoms with E-state index in [0.717, 1.165) is 0 Å². The molecule has 0 N–H and O–H groups in total. The molecule has 0 amide bonds. The van der Waals surface area contributed by atoms with Gasteiger partial charge in [0.2, 0.25) is 0 Å². The van der Waals surface area contributed by atoms with Gasteiger partial charge in [-0.05, 0) is 0 Å². The molecule has 0 rings (SSSR count). The van der Waals surface area contributed by atoms with E-state index in [-0.39, 0.29) is 22.1 Å². The van der Waals surface area contributed by atoms with Crippen LogP contribution in [0.1, 0.15) is 13.8 Å². The summed E-state index contributed by atoms with van der Waals surface area (Å²) in [7, 11) is 0. The quantitative estimate of drug-likeness (QED) is 0.418. The molecule has 0 aliphatic heterocycles. The van der Waals surface area contributed by atoms with Crippen molar-refractivity contribution < 1.29 is 22.1 Å². The van der Waals surface area contributed by atoms with Crippen molar-refractivity contribution in [1.29, 1.82) is 0 Å². The fourth-order valence-electron chi connectivity index (χ4n) is 0. The van der Waals surface area contributed by atoms with Gasteiger partial charge in [-0.3, -0.25) is 4.70 Å². The molecule has 0 aromatic heterocycles. The smallest absolute Gasteiger partial charge is 0 e. The SMILES string of the molecule is C[CH-]C.F.[Cr]. The van der Waals surface area contributed by atoms with Gasteiger partial charge in [0.1, 0.15) is 0 Å². The Labute approximate surface area is 43.1 Å². The summed E-state index contributed by atoms with van der Waals surface area (Å²) in [4.78, 5) is 0. The first-order valence-corrected chi connectivity index (χ1v) is 1.15. The van der Waals surface area contributed by atoms with Crippen LogP contribution in [0.25, 0.3) is 0 Å². The molecule has 0 aliphatic carbocycles. The molecular formula is C3H8CrF-. The van der Waals surface area contributed by atoms with Crippen molar-refractivity contribution in [3.63, 3.8) is 0 Å². The Balaban J connectivity index is -0.0000000200. The minimum absolute atomic E-state index is 0. The van der Waals surface area contributed by atoms with Gasteiger partial charge >= 0.3 is 0 Å². The molecule has 0 aliphatic rings. The summed E-state index contributed by atoms with van der Waals surface area (Å²) in [5.74, 6) is 0. The minimum Gasteiger partial charge on any atom is -0.335 e. The van der Waals surface area contributed by atoms with E-state index in [1.165, 1.54) is 0 Å². The van der Waals surface area contributed by atoms with Crippen molar-refractivity contribution in [3.8, 4) is 0 Å². The third-order valence-electron chi connectivity index (χ3n) is 0. The van der Waals surface area contributed by atoms with E-state index >= 15 is 0 Å². The number of halogens is 1.